The molecule has 2 heterocycles. The molecule has 3 atom stereocenters. The Morgan fingerprint density at radius 2 is 2.00 bits per heavy atom. The SMILES string of the molecule is CC(C)[C@@H]1CN2C[C@@H](NS(=O)(=O)c3ccc(F)c(F)c3)C[C@H]2CO1. The molecule has 0 saturated carbocycles. The first-order chi connectivity index (χ1) is 11.3. The molecule has 3 rings (SSSR count). The molecule has 24 heavy (non-hydrogen) atoms. The molecule has 0 unspecified atom stereocenters. The number of ether oxygens (including phenoxy) is 1. The summed E-state index contributed by atoms with van der Waals surface area (Å²) in [6, 6.07) is 2.53. The molecule has 2 fully saturated rings. The van der Waals surface area contributed by atoms with Gasteiger partial charge in [0.15, 0.2) is 11.6 Å². The van der Waals surface area contributed by atoms with E-state index in [9.17, 15) is 17.2 Å². The number of sulfonamides is 1. The van der Waals surface area contributed by atoms with Gasteiger partial charge in [0.1, 0.15) is 0 Å². The molecule has 2 aliphatic heterocycles. The van der Waals surface area contributed by atoms with Crippen LogP contribution in [0.1, 0.15) is 20.3 Å². The fourth-order valence-corrected chi connectivity index (χ4v) is 4.57. The smallest absolute Gasteiger partial charge is 0.240 e. The molecule has 2 aliphatic rings. The van der Waals surface area contributed by atoms with Crippen LogP contribution in [0.2, 0.25) is 0 Å². The van der Waals surface area contributed by atoms with Crippen molar-refractivity contribution < 1.29 is 21.9 Å². The lowest BCUT2D eigenvalue weighted by molar-refractivity contribution is -0.0683. The average Bonchev–Trinajstić information content (AvgIpc) is 2.90. The highest BCUT2D eigenvalue weighted by Gasteiger charge is 2.39. The van der Waals surface area contributed by atoms with Gasteiger partial charge >= 0.3 is 0 Å². The molecular formula is C16H22F2N2O3S. The first kappa shape index (κ1) is 17.7. The molecule has 0 aromatic heterocycles. The number of morpholine rings is 1. The van der Waals surface area contributed by atoms with Crippen LogP contribution in [-0.4, -0.2) is 51.2 Å². The Morgan fingerprint density at radius 1 is 1.25 bits per heavy atom. The summed E-state index contributed by atoms with van der Waals surface area (Å²) >= 11 is 0. The molecule has 0 spiro atoms. The van der Waals surface area contributed by atoms with Gasteiger partial charge in [-0.05, 0) is 30.5 Å². The lowest BCUT2D eigenvalue weighted by atomic mass is 10.0. The van der Waals surface area contributed by atoms with Gasteiger partial charge in [-0.2, -0.15) is 0 Å². The van der Waals surface area contributed by atoms with E-state index in [2.05, 4.69) is 23.5 Å². The highest BCUT2D eigenvalue weighted by atomic mass is 32.2. The van der Waals surface area contributed by atoms with Gasteiger partial charge in [-0.15, -0.1) is 0 Å². The van der Waals surface area contributed by atoms with Crippen LogP contribution in [0.15, 0.2) is 23.1 Å². The minimum Gasteiger partial charge on any atom is -0.375 e. The lowest BCUT2D eigenvalue weighted by Gasteiger charge is -2.36. The number of nitrogens with one attached hydrogen (secondary N) is 1. The van der Waals surface area contributed by atoms with Gasteiger partial charge in [-0.25, -0.2) is 21.9 Å². The van der Waals surface area contributed by atoms with E-state index in [1.54, 1.807) is 0 Å². The second-order valence-electron chi connectivity index (χ2n) is 6.85. The van der Waals surface area contributed by atoms with Crippen molar-refractivity contribution in [3.63, 3.8) is 0 Å². The standard InChI is InChI=1S/C16H22F2N2O3S/c1-10(2)16-8-20-7-11(5-12(20)9-23-16)19-24(21,22)13-3-4-14(17)15(18)6-13/h3-4,6,10-12,16,19H,5,7-9H2,1-2H3/t11-,12-,16-/m0/s1. The molecule has 0 radical (unpaired) electrons. The Labute approximate surface area is 141 Å². The second-order valence-corrected chi connectivity index (χ2v) is 8.57. The van der Waals surface area contributed by atoms with Crippen LogP contribution in [0.4, 0.5) is 8.78 Å². The van der Waals surface area contributed by atoms with Crippen molar-refractivity contribution in [3.05, 3.63) is 29.8 Å². The predicted octanol–water partition coefficient (Wildman–Crippen LogP) is 1.74. The van der Waals surface area contributed by atoms with Crippen LogP contribution in [0.25, 0.3) is 0 Å². The first-order valence-electron chi connectivity index (χ1n) is 8.09. The summed E-state index contributed by atoms with van der Waals surface area (Å²) in [5, 5.41) is 0. The summed E-state index contributed by atoms with van der Waals surface area (Å²) in [5.41, 5.74) is 0. The molecule has 0 amide bonds. The van der Waals surface area contributed by atoms with E-state index >= 15 is 0 Å². The molecule has 134 valence electrons. The second kappa shape index (κ2) is 6.67. The number of rotatable bonds is 4. The average molecular weight is 360 g/mol. The fourth-order valence-electron chi connectivity index (χ4n) is 3.32. The van der Waals surface area contributed by atoms with Crippen molar-refractivity contribution in [3.8, 4) is 0 Å². The summed E-state index contributed by atoms with van der Waals surface area (Å²) in [7, 11) is -3.88. The summed E-state index contributed by atoms with van der Waals surface area (Å²) in [4.78, 5) is 1.98. The molecule has 1 N–H and O–H groups in total. The largest absolute Gasteiger partial charge is 0.375 e. The number of hydrogen-bond donors (Lipinski definition) is 1. The van der Waals surface area contributed by atoms with Crippen molar-refractivity contribution in [2.24, 2.45) is 5.92 Å². The van der Waals surface area contributed by atoms with Crippen LogP contribution in [0.5, 0.6) is 0 Å². The zero-order valence-corrected chi connectivity index (χ0v) is 14.5. The Hall–Kier alpha value is -1.09. The summed E-state index contributed by atoms with van der Waals surface area (Å²) < 4.78 is 59.5. The van der Waals surface area contributed by atoms with Gasteiger partial charge in [-0.1, -0.05) is 13.8 Å². The van der Waals surface area contributed by atoms with Gasteiger partial charge in [0.2, 0.25) is 10.0 Å². The Morgan fingerprint density at radius 3 is 2.67 bits per heavy atom. The maximum Gasteiger partial charge on any atom is 0.240 e. The lowest BCUT2D eigenvalue weighted by Crippen LogP contribution is -2.48. The highest BCUT2D eigenvalue weighted by Crippen LogP contribution is 2.26. The monoisotopic (exact) mass is 360 g/mol. The molecule has 0 aliphatic carbocycles. The van der Waals surface area contributed by atoms with Gasteiger partial charge in [0.05, 0.1) is 17.6 Å². The maximum atomic E-state index is 13.3. The van der Waals surface area contributed by atoms with E-state index in [4.69, 9.17) is 4.74 Å². The number of benzene rings is 1. The quantitative estimate of drug-likeness (QED) is 0.889. The van der Waals surface area contributed by atoms with E-state index in [-0.39, 0.29) is 23.1 Å². The fraction of sp³-hybridized carbons (Fsp3) is 0.625. The third-order valence-electron chi connectivity index (χ3n) is 4.71. The maximum absolute atomic E-state index is 13.3. The van der Waals surface area contributed by atoms with Crippen molar-refractivity contribution >= 4 is 10.0 Å². The van der Waals surface area contributed by atoms with Crippen molar-refractivity contribution in [1.82, 2.24) is 9.62 Å². The normalized spacial score (nSPS) is 28.3. The number of nitrogens with zero attached hydrogens (tertiary/aromatic N) is 1. The Balaban J connectivity index is 1.67. The number of fused-ring (bicyclic) bond motifs is 1. The number of hydrogen-bond acceptors (Lipinski definition) is 4. The zero-order chi connectivity index (χ0) is 17.5. The van der Waals surface area contributed by atoms with Crippen LogP contribution in [0.3, 0.4) is 0 Å². The summed E-state index contributed by atoms with van der Waals surface area (Å²) in [6.45, 7) is 6.17. The topological polar surface area (TPSA) is 58.6 Å². The van der Waals surface area contributed by atoms with E-state index in [0.29, 0.717) is 31.6 Å². The third kappa shape index (κ3) is 3.61. The Bertz CT molecular complexity index is 711. The van der Waals surface area contributed by atoms with Gasteiger partial charge in [-0.3, -0.25) is 4.90 Å². The van der Waals surface area contributed by atoms with E-state index < -0.39 is 21.7 Å². The molecule has 8 heteroatoms. The van der Waals surface area contributed by atoms with Crippen molar-refractivity contribution in [1.29, 1.82) is 0 Å². The summed E-state index contributed by atoms with van der Waals surface area (Å²) in [5.74, 6) is -1.83. The molecule has 5 nitrogen and oxygen atoms in total. The molecule has 1 aromatic rings. The zero-order valence-electron chi connectivity index (χ0n) is 13.7. The van der Waals surface area contributed by atoms with Crippen LogP contribution in [0, 0.1) is 17.6 Å². The minimum absolute atomic E-state index is 0.155. The van der Waals surface area contributed by atoms with Crippen LogP contribution in [-0.2, 0) is 14.8 Å². The van der Waals surface area contributed by atoms with E-state index in [1.807, 2.05) is 0 Å². The van der Waals surface area contributed by atoms with E-state index in [1.165, 1.54) is 0 Å². The summed E-state index contributed by atoms with van der Waals surface area (Å²) in [6.07, 6.45) is 0.802. The molecular weight excluding hydrogens is 338 g/mol. The van der Waals surface area contributed by atoms with Gasteiger partial charge < -0.3 is 4.74 Å². The van der Waals surface area contributed by atoms with Crippen LogP contribution >= 0.6 is 0 Å². The van der Waals surface area contributed by atoms with Gasteiger partial charge in [0.25, 0.3) is 0 Å². The highest BCUT2D eigenvalue weighted by molar-refractivity contribution is 7.89. The van der Waals surface area contributed by atoms with Crippen LogP contribution < -0.4 is 4.72 Å². The Kier molecular flexibility index (Phi) is 4.92. The van der Waals surface area contributed by atoms with Gasteiger partial charge in [0, 0.05) is 25.2 Å². The minimum atomic E-state index is -3.88. The number of halogens is 2. The first-order valence-corrected chi connectivity index (χ1v) is 9.57. The predicted molar refractivity (Wildman–Crippen MR) is 85.0 cm³/mol. The molecule has 0 bridgehead atoms. The molecule has 2 saturated heterocycles. The molecule has 1 aromatic carbocycles. The van der Waals surface area contributed by atoms with Crippen molar-refractivity contribution in [2.75, 3.05) is 19.7 Å². The third-order valence-corrected chi connectivity index (χ3v) is 6.23. The van der Waals surface area contributed by atoms with Crippen molar-refractivity contribution in [2.45, 2.75) is 43.4 Å². The van der Waals surface area contributed by atoms with E-state index in [0.717, 1.165) is 18.7 Å².